The summed E-state index contributed by atoms with van der Waals surface area (Å²) in [6.45, 7) is 1.85. The van der Waals surface area contributed by atoms with Gasteiger partial charge in [-0.15, -0.1) is 0 Å². The Bertz CT molecular complexity index is 857. The van der Waals surface area contributed by atoms with Crippen LogP contribution < -0.4 is 9.86 Å². The highest BCUT2D eigenvalue weighted by Crippen LogP contribution is 2.18. The van der Waals surface area contributed by atoms with Crippen molar-refractivity contribution in [2.24, 2.45) is 5.14 Å². The van der Waals surface area contributed by atoms with E-state index in [9.17, 15) is 16.8 Å². The number of benzene rings is 2. The molecule has 21 heavy (non-hydrogen) atoms. The van der Waals surface area contributed by atoms with E-state index in [2.05, 4.69) is 4.72 Å². The lowest BCUT2D eigenvalue weighted by atomic mass is 10.2. The fourth-order valence-electron chi connectivity index (χ4n) is 1.73. The summed E-state index contributed by atoms with van der Waals surface area (Å²) in [5, 5.41) is 4.96. The molecular formula is C13H14N2O4S2. The van der Waals surface area contributed by atoms with Crippen molar-refractivity contribution in [2.75, 3.05) is 4.72 Å². The van der Waals surface area contributed by atoms with E-state index < -0.39 is 20.0 Å². The molecule has 0 aliphatic rings. The molecule has 0 spiro atoms. The Morgan fingerprint density at radius 3 is 2.00 bits per heavy atom. The Hall–Kier alpha value is -1.90. The predicted molar refractivity (Wildman–Crippen MR) is 79.8 cm³/mol. The van der Waals surface area contributed by atoms with E-state index >= 15 is 0 Å². The minimum absolute atomic E-state index is 0.0450. The largest absolute Gasteiger partial charge is 0.280 e. The van der Waals surface area contributed by atoms with Crippen molar-refractivity contribution in [2.45, 2.75) is 16.7 Å². The van der Waals surface area contributed by atoms with Crippen LogP contribution in [-0.4, -0.2) is 16.8 Å². The smallest absolute Gasteiger partial charge is 0.261 e. The van der Waals surface area contributed by atoms with Crippen LogP contribution in [0.5, 0.6) is 0 Å². The number of primary sulfonamides is 1. The zero-order valence-corrected chi connectivity index (χ0v) is 12.8. The molecule has 0 aliphatic carbocycles. The Balaban J connectivity index is 2.32. The molecule has 3 N–H and O–H groups in total. The van der Waals surface area contributed by atoms with Gasteiger partial charge < -0.3 is 0 Å². The maximum absolute atomic E-state index is 12.2. The molecule has 6 nitrogen and oxygen atoms in total. The molecule has 0 heterocycles. The second-order valence-electron chi connectivity index (χ2n) is 4.49. The summed E-state index contributed by atoms with van der Waals surface area (Å²) in [5.74, 6) is 0. The number of rotatable bonds is 4. The molecule has 0 amide bonds. The van der Waals surface area contributed by atoms with Gasteiger partial charge >= 0.3 is 0 Å². The minimum Gasteiger partial charge on any atom is -0.280 e. The molecule has 0 aromatic heterocycles. The van der Waals surface area contributed by atoms with Gasteiger partial charge in [-0.25, -0.2) is 22.0 Å². The quantitative estimate of drug-likeness (QED) is 0.886. The molecule has 0 bridgehead atoms. The summed E-state index contributed by atoms with van der Waals surface area (Å²) in [4.78, 5) is -0.187. The van der Waals surface area contributed by atoms with E-state index in [1.165, 1.54) is 12.1 Å². The molecule has 0 atom stereocenters. The van der Waals surface area contributed by atoms with E-state index in [0.717, 1.165) is 17.7 Å². The monoisotopic (exact) mass is 326 g/mol. The van der Waals surface area contributed by atoms with Crippen molar-refractivity contribution in [3.63, 3.8) is 0 Å². The van der Waals surface area contributed by atoms with Crippen LogP contribution in [0.25, 0.3) is 0 Å². The molecule has 2 aromatic carbocycles. The third-order valence-corrected chi connectivity index (χ3v) is 5.06. The van der Waals surface area contributed by atoms with Crippen LogP contribution in [0.3, 0.4) is 0 Å². The van der Waals surface area contributed by atoms with Crippen LogP contribution in [-0.2, 0) is 20.0 Å². The van der Waals surface area contributed by atoms with Gasteiger partial charge in [0.2, 0.25) is 10.0 Å². The first kappa shape index (κ1) is 15.5. The highest BCUT2D eigenvalue weighted by atomic mass is 32.2. The lowest BCUT2D eigenvalue weighted by Crippen LogP contribution is -2.15. The SMILES string of the molecule is Cc1cccc(NS(=O)(=O)c2ccc(S(N)(=O)=O)cc2)c1. The normalized spacial score (nSPS) is 12.1. The summed E-state index contributed by atoms with van der Waals surface area (Å²) >= 11 is 0. The van der Waals surface area contributed by atoms with Crippen molar-refractivity contribution >= 4 is 25.7 Å². The van der Waals surface area contributed by atoms with E-state index in [1.807, 2.05) is 13.0 Å². The third kappa shape index (κ3) is 3.81. The zero-order valence-electron chi connectivity index (χ0n) is 11.1. The Kier molecular flexibility index (Phi) is 4.04. The van der Waals surface area contributed by atoms with Gasteiger partial charge in [-0.2, -0.15) is 0 Å². The summed E-state index contributed by atoms with van der Waals surface area (Å²) in [6.07, 6.45) is 0. The fourth-order valence-corrected chi connectivity index (χ4v) is 3.30. The van der Waals surface area contributed by atoms with Crippen molar-refractivity contribution in [1.29, 1.82) is 0 Å². The fraction of sp³-hybridized carbons (Fsp3) is 0.0769. The van der Waals surface area contributed by atoms with Crippen molar-refractivity contribution in [3.8, 4) is 0 Å². The number of hydrogen-bond donors (Lipinski definition) is 2. The standard InChI is InChI=1S/C13H14N2O4S2/c1-10-3-2-4-11(9-10)15-21(18,19)13-7-5-12(6-8-13)20(14,16)17/h2-9,15H,1H3,(H2,14,16,17). The molecule has 0 saturated heterocycles. The Labute approximate surface area is 123 Å². The van der Waals surface area contributed by atoms with Crippen LogP contribution in [0.4, 0.5) is 5.69 Å². The first-order valence-corrected chi connectivity index (χ1v) is 8.94. The second-order valence-corrected chi connectivity index (χ2v) is 7.74. The first-order valence-electron chi connectivity index (χ1n) is 5.91. The average Bonchev–Trinajstić information content (AvgIpc) is 2.37. The lowest BCUT2D eigenvalue weighted by Gasteiger charge is -2.09. The van der Waals surface area contributed by atoms with Crippen LogP contribution in [0.2, 0.25) is 0 Å². The Morgan fingerprint density at radius 2 is 1.48 bits per heavy atom. The summed E-state index contributed by atoms with van der Waals surface area (Å²) in [7, 11) is -7.62. The summed E-state index contributed by atoms with van der Waals surface area (Å²) in [5.41, 5.74) is 1.35. The average molecular weight is 326 g/mol. The maximum atomic E-state index is 12.2. The molecule has 8 heteroatoms. The van der Waals surface area contributed by atoms with Gasteiger partial charge in [0.15, 0.2) is 0 Å². The van der Waals surface area contributed by atoms with E-state index in [4.69, 9.17) is 5.14 Å². The molecule has 0 radical (unpaired) electrons. The van der Waals surface area contributed by atoms with Gasteiger partial charge in [-0.3, -0.25) is 4.72 Å². The second kappa shape index (κ2) is 5.47. The lowest BCUT2D eigenvalue weighted by molar-refractivity contribution is 0.595. The molecule has 0 aliphatic heterocycles. The first-order chi connectivity index (χ1) is 9.68. The van der Waals surface area contributed by atoms with Gasteiger partial charge in [0.25, 0.3) is 10.0 Å². The topological polar surface area (TPSA) is 106 Å². The van der Waals surface area contributed by atoms with Crippen molar-refractivity contribution in [3.05, 3.63) is 54.1 Å². The van der Waals surface area contributed by atoms with E-state index in [1.54, 1.807) is 18.2 Å². The molecule has 2 aromatic rings. The molecule has 112 valence electrons. The van der Waals surface area contributed by atoms with Crippen molar-refractivity contribution in [1.82, 2.24) is 0 Å². The molecule has 0 saturated carbocycles. The van der Waals surface area contributed by atoms with Gasteiger partial charge in [0.05, 0.1) is 9.79 Å². The van der Waals surface area contributed by atoms with Crippen molar-refractivity contribution < 1.29 is 16.8 Å². The molecule has 0 unspecified atom stereocenters. The zero-order chi connectivity index (χ0) is 15.7. The van der Waals surface area contributed by atoms with Crippen LogP contribution >= 0.6 is 0 Å². The molecule has 0 fully saturated rings. The third-order valence-electron chi connectivity index (χ3n) is 2.73. The van der Waals surface area contributed by atoms with Gasteiger partial charge in [0, 0.05) is 5.69 Å². The van der Waals surface area contributed by atoms with Crippen LogP contribution in [0, 0.1) is 6.92 Å². The van der Waals surface area contributed by atoms with Gasteiger partial charge in [0.1, 0.15) is 0 Å². The van der Waals surface area contributed by atoms with Gasteiger partial charge in [-0.05, 0) is 48.9 Å². The van der Waals surface area contributed by atoms with E-state index in [0.29, 0.717) is 5.69 Å². The highest BCUT2D eigenvalue weighted by Gasteiger charge is 2.16. The number of hydrogen-bond acceptors (Lipinski definition) is 4. The van der Waals surface area contributed by atoms with E-state index in [-0.39, 0.29) is 9.79 Å². The minimum atomic E-state index is -3.84. The predicted octanol–water partition coefficient (Wildman–Crippen LogP) is 1.44. The Morgan fingerprint density at radius 1 is 0.905 bits per heavy atom. The highest BCUT2D eigenvalue weighted by molar-refractivity contribution is 7.92. The molecule has 2 rings (SSSR count). The van der Waals surface area contributed by atoms with Crippen LogP contribution in [0.15, 0.2) is 58.3 Å². The number of aryl methyl sites for hydroxylation is 1. The summed E-state index contributed by atoms with van der Waals surface area (Å²) < 4.78 is 49.1. The maximum Gasteiger partial charge on any atom is 0.261 e. The number of sulfonamides is 2. The van der Waals surface area contributed by atoms with Crippen LogP contribution in [0.1, 0.15) is 5.56 Å². The molecular weight excluding hydrogens is 312 g/mol. The van der Waals surface area contributed by atoms with Gasteiger partial charge in [-0.1, -0.05) is 12.1 Å². The number of nitrogens with two attached hydrogens (primary N) is 1. The summed E-state index contributed by atoms with van der Waals surface area (Å²) in [6, 6.07) is 11.6. The number of nitrogens with one attached hydrogen (secondary N) is 1. The number of anilines is 1.